The Kier molecular flexibility index (Phi) is 3.31. The van der Waals surface area contributed by atoms with E-state index in [-0.39, 0.29) is 17.0 Å². The lowest BCUT2D eigenvalue weighted by Gasteiger charge is -1.99. The smallest absolute Gasteiger partial charge is 0.280 e. The standard InChI is InChI=1S/C15H8BrNO4/c16-10-5-6-13-9(7-10)8-14(21-13)15(18)11-3-1-2-4-12(11)17(19)20/h1-8H. The maximum Gasteiger partial charge on any atom is 0.280 e. The molecular formula is C15H8BrNO4. The summed E-state index contributed by atoms with van der Waals surface area (Å²) >= 11 is 3.34. The van der Waals surface area contributed by atoms with Gasteiger partial charge in [0.15, 0.2) is 5.76 Å². The van der Waals surface area contributed by atoms with E-state index in [2.05, 4.69) is 15.9 Å². The lowest BCUT2D eigenvalue weighted by atomic mass is 10.1. The minimum absolute atomic E-state index is 0.0145. The Morgan fingerprint density at radius 2 is 1.90 bits per heavy atom. The molecule has 0 unspecified atom stereocenters. The molecule has 3 aromatic rings. The van der Waals surface area contributed by atoms with Gasteiger partial charge >= 0.3 is 0 Å². The van der Waals surface area contributed by atoms with Gasteiger partial charge in [-0.3, -0.25) is 14.9 Å². The van der Waals surface area contributed by atoms with E-state index < -0.39 is 10.7 Å². The molecule has 0 radical (unpaired) electrons. The van der Waals surface area contributed by atoms with Crippen molar-refractivity contribution in [3.63, 3.8) is 0 Å². The molecule has 3 rings (SSSR count). The van der Waals surface area contributed by atoms with E-state index in [1.54, 1.807) is 24.3 Å². The van der Waals surface area contributed by atoms with Gasteiger partial charge in [0.05, 0.1) is 4.92 Å². The normalized spacial score (nSPS) is 10.7. The van der Waals surface area contributed by atoms with Crippen molar-refractivity contribution in [2.24, 2.45) is 0 Å². The number of carbonyl (C=O) groups is 1. The van der Waals surface area contributed by atoms with Crippen LogP contribution in [0.15, 0.2) is 57.4 Å². The Hall–Kier alpha value is -2.47. The van der Waals surface area contributed by atoms with Crippen LogP contribution in [-0.4, -0.2) is 10.7 Å². The van der Waals surface area contributed by atoms with E-state index in [9.17, 15) is 14.9 Å². The van der Waals surface area contributed by atoms with Crippen LogP contribution in [0.25, 0.3) is 11.0 Å². The highest BCUT2D eigenvalue weighted by molar-refractivity contribution is 9.10. The highest BCUT2D eigenvalue weighted by Gasteiger charge is 2.23. The van der Waals surface area contributed by atoms with E-state index in [4.69, 9.17) is 4.42 Å². The number of ketones is 1. The molecule has 0 atom stereocenters. The molecule has 0 N–H and O–H groups in total. The molecule has 104 valence electrons. The molecule has 2 aromatic carbocycles. The second-order valence-corrected chi connectivity index (χ2v) is 5.31. The molecule has 1 aromatic heterocycles. The second kappa shape index (κ2) is 5.14. The molecule has 0 amide bonds. The maximum absolute atomic E-state index is 12.4. The molecule has 0 aliphatic rings. The first kappa shape index (κ1) is 13.5. The zero-order valence-corrected chi connectivity index (χ0v) is 12.2. The van der Waals surface area contributed by atoms with Crippen molar-refractivity contribution in [3.8, 4) is 0 Å². The lowest BCUT2D eigenvalue weighted by Crippen LogP contribution is -2.04. The monoisotopic (exact) mass is 345 g/mol. The molecule has 21 heavy (non-hydrogen) atoms. The SMILES string of the molecule is O=C(c1cc2cc(Br)ccc2o1)c1ccccc1[N+](=O)[O-]. The molecule has 0 bridgehead atoms. The van der Waals surface area contributed by atoms with E-state index in [1.807, 2.05) is 6.07 Å². The number of hydrogen-bond acceptors (Lipinski definition) is 4. The van der Waals surface area contributed by atoms with Gasteiger partial charge in [-0.2, -0.15) is 0 Å². The summed E-state index contributed by atoms with van der Waals surface area (Å²) in [7, 11) is 0. The largest absolute Gasteiger partial charge is 0.453 e. The summed E-state index contributed by atoms with van der Waals surface area (Å²) in [5, 5.41) is 11.7. The van der Waals surface area contributed by atoms with Crippen LogP contribution in [0.5, 0.6) is 0 Å². The van der Waals surface area contributed by atoms with Crippen LogP contribution in [0, 0.1) is 10.1 Å². The zero-order valence-electron chi connectivity index (χ0n) is 10.6. The van der Waals surface area contributed by atoms with Crippen molar-refractivity contribution in [2.75, 3.05) is 0 Å². The summed E-state index contributed by atoms with van der Waals surface area (Å²) in [6, 6.07) is 12.7. The number of halogens is 1. The van der Waals surface area contributed by atoms with E-state index in [1.165, 1.54) is 18.2 Å². The van der Waals surface area contributed by atoms with Crippen LogP contribution in [0.1, 0.15) is 16.1 Å². The third-order valence-corrected chi connectivity index (χ3v) is 3.54. The Morgan fingerprint density at radius 3 is 2.67 bits per heavy atom. The van der Waals surface area contributed by atoms with Gasteiger partial charge in [0, 0.05) is 15.9 Å². The van der Waals surface area contributed by atoms with Crippen LogP contribution in [0.4, 0.5) is 5.69 Å². The highest BCUT2D eigenvalue weighted by atomic mass is 79.9. The minimum Gasteiger partial charge on any atom is -0.453 e. The predicted molar refractivity (Wildman–Crippen MR) is 80.4 cm³/mol. The fourth-order valence-electron chi connectivity index (χ4n) is 2.08. The lowest BCUT2D eigenvalue weighted by molar-refractivity contribution is -0.385. The number of nitro groups is 1. The first-order valence-corrected chi connectivity index (χ1v) is 6.83. The molecule has 1 heterocycles. The number of benzene rings is 2. The van der Waals surface area contributed by atoms with Crippen molar-refractivity contribution < 1.29 is 14.1 Å². The third-order valence-electron chi connectivity index (χ3n) is 3.05. The first-order valence-electron chi connectivity index (χ1n) is 6.03. The molecule has 0 saturated carbocycles. The van der Waals surface area contributed by atoms with Gasteiger partial charge in [-0.05, 0) is 30.3 Å². The molecule has 0 aliphatic heterocycles. The summed E-state index contributed by atoms with van der Waals surface area (Å²) < 4.78 is 6.34. The fourth-order valence-corrected chi connectivity index (χ4v) is 2.46. The van der Waals surface area contributed by atoms with E-state index in [0.29, 0.717) is 5.58 Å². The van der Waals surface area contributed by atoms with Crippen LogP contribution in [0.2, 0.25) is 0 Å². The van der Waals surface area contributed by atoms with Gasteiger partial charge in [0.25, 0.3) is 5.69 Å². The van der Waals surface area contributed by atoms with Crippen molar-refractivity contribution in [1.82, 2.24) is 0 Å². The van der Waals surface area contributed by atoms with E-state index >= 15 is 0 Å². The molecular weight excluding hydrogens is 338 g/mol. The Bertz CT molecular complexity index is 869. The van der Waals surface area contributed by atoms with Crippen LogP contribution in [0.3, 0.4) is 0 Å². The summed E-state index contributed by atoms with van der Waals surface area (Å²) in [5.74, 6) is -0.424. The van der Waals surface area contributed by atoms with Gasteiger partial charge < -0.3 is 4.42 Å². The van der Waals surface area contributed by atoms with Gasteiger partial charge in [-0.1, -0.05) is 28.1 Å². The summed E-state index contributed by atoms with van der Waals surface area (Å²) in [4.78, 5) is 22.8. The number of fused-ring (bicyclic) bond motifs is 1. The topological polar surface area (TPSA) is 73.3 Å². The Balaban J connectivity index is 2.10. The number of nitro benzene ring substituents is 1. The average Bonchev–Trinajstić information content (AvgIpc) is 2.89. The van der Waals surface area contributed by atoms with Gasteiger partial charge in [-0.15, -0.1) is 0 Å². The van der Waals surface area contributed by atoms with Gasteiger partial charge in [0.1, 0.15) is 11.1 Å². The average molecular weight is 346 g/mol. The number of rotatable bonds is 3. The minimum atomic E-state index is -0.577. The molecule has 0 spiro atoms. The van der Waals surface area contributed by atoms with Crippen molar-refractivity contribution in [3.05, 3.63) is 74.4 Å². The summed E-state index contributed by atoms with van der Waals surface area (Å²) in [6.07, 6.45) is 0. The van der Waals surface area contributed by atoms with Gasteiger partial charge in [-0.25, -0.2) is 0 Å². The van der Waals surface area contributed by atoms with Crippen LogP contribution in [-0.2, 0) is 0 Å². The molecule has 5 nitrogen and oxygen atoms in total. The number of carbonyl (C=O) groups excluding carboxylic acids is 1. The van der Waals surface area contributed by atoms with Crippen LogP contribution < -0.4 is 0 Å². The fraction of sp³-hybridized carbons (Fsp3) is 0. The Labute approximate surface area is 127 Å². The summed E-state index contributed by atoms with van der Waals surface area (Å²) in [5.41, 5.74) is 0.338. The predicted octanol–water partition coefficient (Wildman–Crippen LogP) is 4.33. The number of hydrogen-bond donors (Lipinski definition) is 0. The third kappa shape index (κ3) is 2.45. The molecule has 0 saturated heterocycles. The van der Waals surface area contributed by atoms with Crippen molar-refractivity contribution in [1.29, 1.82) is 0 Å². The van der Waals surface area contributed by atoms with Crippen LogP contribution >= 0.6 is 15.9 Å². The van der Waals surface area contributed by atoms with E-state index in [0.717, 1.165) is 9.86 Å². The first-order chi connectivity index (χ1) is 10.1. The van der Waals surface area contributed by atoms with Crippen molar-refractivity contribution in [2.45, 2.75) is 0 Å². The number of nitrogens with zero attached hydrogens (tertiary/aromatic N) is 1. The number of para-hydroxylation sites is 1. The van der Waals surface area contributed by atoms with Crippen molar-refractivity contribution >= 4 is 38.4 Å². The van der Waals surface area contributed by atoms with Gasteiger partial charge in [0.2, 0.25) is 5.78 Å². The second-order valence-electron chi connectivity index (χ2n) is 4.40. The highest BCUT2D eigenvalue weighted by Crippen LogP contribution is 2.27. The maximum atomic E-state index is 12.4. The molecule has 0 aliphatic carbocycles. The number of furan rings is 1. The molecule has 6 heteroatoms. The Morgan fingerprint density at radius 1 is 1.14 bits per heavy atom. The summed E-state index contributed by atoms with van der Waals surface area (Å²) in [6.45, 7) is 0. The zero-order chi connectivity index (χ0) is 15.0. The molecule has 0 fully saturated rings. The quantitative estimate of drug-likeness (QED) is 0.402.